The Morgan fingerprint density at radius 3 is 2.52 bits per heavy atom. The number of carbonyl (C=O) groups excluding carboxylic acids is 2. The third-order valence-corrected chi connectivity index (χ3v) is 3.77. The lowest BCUT2D eigenvalue weighted by atomic mass is 10.2. The smallest absolute Gasteiger partial charge is 0.262 e. The van der Waals surface area contributed by atoms with Crippen molar-refractivity contribution < 1.29 is 14.1 Å². The molecule has 3 aromatic rings. The first-order chi connectivity index (χ1) is 12.2. The molecular formula is C17H13N5O3. The SMILES string of the molecule is O=C1CCC(=O)N1Nc1ncccc1-c1nc(-c2ccccc2)no1. The van der Waals surface area contributed by atoms with E-state index in [0.717, 1.165) is 10.6 Å². The van der Waals surface area contributed by atoms with Gasteiger partial charge in [0.25, 0.3) is 5.89 Å². The van der Waals surface area contributed by atoms with Crippen LogP contribution in [-0.4, -0.2) is 31.9 Å². The third kappa shape index (κ3) is 2.85. The van der Waals surface area contributed by atoms with Crippen molar-refractivity contribution in [2.45, 2.75) is 12.8 Å². The number of imide groups is 1. The van der Waals surface area contributed by atoms with Crippen molar-refractivity contribution in [2.24, 2.45) is 0 Å². The summed E-state index contributed by atoms with van der Waals surface area (Å²) in [5.74, 6) is 0.399. The van der Waals surface area contributed by atoms with Crippen LogP contribution in [-0.2, 0) is 9.59 Å². The van der Waals surface area contributed by atoms with Crippen molar-refractivity contribution in [1.82, 2.24) is 20.1 Å². The Morgan fingerprint density at radius 2 is 1.76 bits per heavy atom. The number of nitrogens with one attached hydrogen (secondary N) is 1. The molecule has 1 aliphatic rings. The van der Waals surface area contributed by atoms with Gasteiger partial charge in [0, 0.05) is 24.6 Å². The molecule has 0 saturated carbocycles. The van der Waals surface area contributed by atoms with Gasteiger partial charge in [-0.05, 0) is 12.1 Å². The minimum Gasteiger partial charge on any atom is -0.333 e. The van der Waals surface area contributed by atoms with Crippen LogP contribution in [0.4, 0.5) is 5.82 Å². The fourth-order valence-electron chi connectivity index (χ4n) is 2.51. The van der Waals surface area contributed by atoms with Crippen LogP contribution in [0.25, 0.3) is 22.8 Å². The first kappa shape index (κ1) is 15.0. The van der Waals surface area contributed by atoms with Gasteiger partial charge in [0.2, 0.25) is 17.6 Å². The van der Waals surface area contributed by atoms with Gasteiger partial charge < -0.3 is 4.52 Å². The van der Waals surface area contributed by atoms with Crippen LogP contribution in [0.3, 0.4) is 0 Å². The molecule has 1 N–H and O–H groups in total. The van der Waals surface area contributed by atoms with Crippen LogP contribution in [0.15, 0.2) is 53.2 Å². The number of amides is 2. The molecule has 124 valence electrons. The van der Waals surface area contributed by atoms with Gasteiger partial charge in [-0.25, -0.2) is 4.98 Å². The van der Waals surface area contributed by atoms with Gasteiger partial charge >= 0.3 is 0 Å². The summed E-state index contributed by atoms with van der Waals surface area (Å²) in [5, 5.41) is 4.95. The summed E-state index contributed by atoms with van der Waals surface area (Å²) in [6.45, 7) is 0. The monoisotopic (exact) mass is 335 g/mol. The maximum absolute atomic E-state index is 11.8. The van der Waals surface area contributed by atoms with E-state index in [9.17, 15) is 9.59 Å². The molecule has 2 amide bonds. The third-order valence-electron chi connectivity index (χ3n) is 3.77. The van der Waals surface area contributed by atoms with Crippen molar-refractivity contribution in [1.29, 1.82) is 0 Å². The Bertz CT molecular complexity index is 922. The zero-order chi connectivity index (χ0) is 17.2. The zero-order valence-corrected chi connectivity index (χ0v) is 13.0. The second-order valence-electron chi connectivity index (χ2n) is 5.42. The van der Waals surface area contributed by atoms with Gasteiger partial charge in [0.1, 0.15) is 0 Å². The molecule has 3 heterocycles. The van der Waals surface area contributed by atoms with Gasteiger partial charge in [-0.3, -0.25) is 15.0 Å². The van der Waals surface area contributed by atoms with Crippen LogP contribution in [0, 0.1) is 0 Å². The molecule has 0 atom stereocenters. The predicted molar refractivity (Wildman–Crippen MR) is 87.7 cm³/mol. The molecule has 0 bridgehead atoms. The highest BCUT2D eigenvalue weighted by molar-refractivity contribution is 6.03. The molecule has 1 saturated heterocycles. The number of pyridine rings is 1. The van der Waals surface area contributed by atoms with E-state index < -0.39 is 0 Å². The zero-order valence-electron chi connectivity index (χ0n) is 13.0. The lowest BCUT2D eigenvalue weighted by molar-refractivity contribution is -0.136. The van der Waals surface area contributed by atoms with E-state index in [2.05, 4.69) is 20.6 Å². The van der Waals surface area contributed by atoms with Crippen LogP contribution in [0.5, 0.6) is 0 Å². The van der Waals surface area contributed by atoms with Crippen molar-refractivity contribution in [3.8, 4) is 22.8 Å². The van der Waals surface area contributed by atoms with E-state index in [1.54, 1.807) is 18.3 Å². The van der Waals surface area contributed by atoms with Gasteiger partial charge in [-0.1, -0.05) is 35.5 Å². The second-order valence-corrected chi connectivity index (χ2v) is 5.42. The molecule has 8 nitrogen and oxygen atoms in total. The summed E-state index contributed by atoms with van der Waals surface area (Å²) in [6.07, 6.45) is 1.92. The highest BCUT2D eigenvalue weighted by Gasteiger charge is 2.30. The van der Waals surface area contributed by atoms with Gasteiger partial charge in [0.05, 0.1) is 5.56 Å². The Hall–Kier alpha value is -3.55. The Kier molecular flexibility index (Phi) is 3.70. The molecule has 25 heavy (non-hydrogen) atoms. The lowest BCUT2D eigenvalue weighted by Gasteiger charge is -2.16. The number of benzene rings is 1. The van der Waals surface area contributed by atoms with E-state index in [1.807, 2.05) is 30.3 Å². The van der Waals surface area contributed by atoms with Crippen molar-refractivity contribution in [2.75, 3.05) is 5.43 Å². The number of hydrazine groups is 1. The van der Waals surface area contributed by atoms with E-state index in [-0.39, 0.29) is 30.5 Å². The van der Waals surface area contributed by atoms with Crippen molar-refractivity contribution in [3.63, 3.8) is 0 Å². The average molecular weight is 335 g/mol. The quantitative estimate of drug-likeness (QED) is 0.730. The van der Waals surface area contributed by atoms with Crippen molar-refractivity contribution >= 4 is 17.6 Å². The number of carbonyl (C=O) groups is 2. The summed E-state index contributed by atoms with van der Waals surface area (Å²) in [7, 11) is 0. The molecule has 4 rings (SSSR count). The lowest BCUT2D eigenvalue weighted by Crippen LogP contribution is -2.35. The van der Waals surface area contributed by atoms with Gasteiger partial charge in [0.15, 0.2) is 5.82 Å². The molecule has 2 aromatic heterocycles. The largest absolute Gasteiger partial charge is 0.333 e. The predicted octanol–water partition coefficient (Wildman–Crippen LogP) is 2.27. The second kappa shape index (κ2) is 6.16. The van der Waals surface area contributed by atoms with E-state index in [1.165, 1.54) is 0 Å². The van der Waals surface area contributed by atoms with Crippen LogP contribution in [0.1, 0.15) is 12.8 Å². The maximum atomic E-state index is 11.8. The van der Waals surface area contributed by atoms with Crippen LogP contribution >= 0.6 is 0 Å². The standard InChI is InChI=1S/C17H13N5O3/c23-13-8-9-14(24)22(13)20-16-12(7-4-10-18-16)17-19-15(21-25-17)11-5-2-1-3-6-11/h1-7,10H,8-9H2,(H,18,20). The Labute approximate surface area is 142 Å². The fraction of sp³-hybridized carbons (Fsp3) is 0.118. The molecule has 8 heteroatoms. The summed E-state index contributed by atoms with van der Waals surface area (Å²) in [5.41, 5.74) is 4.08. The molecule has 1 aromatic carbocycles. The first-order valence-corrected chi connectivity index (χ1v) is 7.69. The molecular weight excluding hydrogens is 322 g/mol. The molecule has 1 aliphatic heterocycles. The van der Waals surface area contributed by atoms with Crippen LogP contribution in [0.2, 0.25) is 0 Å². The van der Waals surface area contributed by atoms with Gasteiger partial charge in [-0.2, -0.15) is 9.99 Å². The molecule has 0 aliphatic carbocycles. The summed E-state index contributed by atoms with van der Waals surface area (Å²) >= 11 is 0. The van der Waals surface area contributed by atoms with E-state index in [0.29, 0.717) is 17.2 Å². The van der Waals surface area contributed by atoms with Crippen molar-refractivity contribution in [3.05, 3.63) is 48.7 Å². The summed E-state index contributed by atoms with van der Waals surface area (Å²) < 4.78 is 5.33. The Morgan fingerprint density at radius 1 is 1.00 bits per heavy atom. The number of aromatic nitrogens is 3. The fourth-order valence-corrected chi connectivity index (χ4v) is 2.51. The molecule has 0 unspecified atom stereocenters. The molecule has 1 fully saturated rings. The highest BCUT2D eigenvalue weighted by atomic mass is 16.5. The first-order valence-electron chi connectivity index (χ1n) is 7.69. The normalized spacial score (nSPS) is 14.2. The minimum absolute atomic E-state index is 0.187. The topological polar surface area (TPSA) is 101 Å². The van der Waals surface area contributed by atoms with Crippen LogP contribution < -0.4 is 5.43 Å². The number of anilines is 1. The maximum Gasteiger partial charge on any atom is 0.262 e. The Balaban J connectivity index is 1.67. The van der Waals surface area contributed by atoms with E-state index in [4.69, 9.17) is 4.52 Å². The molecule has 0 spiro atoms. The highest BCUT2D eigenvalue weighted by Crippen LogP contribution is 2.28. The average Bonchev–Trinajstić information content (AvgIpc) is 3.26. The van der Waals surface area contributed by atoms with Gasteiger partial charge in [-0.15, -0.1) is 0 Å². The number of hydrogen-bond acceptors (Lipinski definition) is 7. The number of hydrogen-bond donors (Lipinski definition) is 1. The number of nitrogens with zero attached hydrogens (tertiary/aromatic N) is 4. The van der Waals surface area contributed by atoms with E-state index >= 15 is 0 Å². The summed E-state index contributed by atoms with van der Waals surface area (Å²) in [6, 6.07) is 12.8. The summed E-state index contributed by atoms with van der Waals surface area (Å²) in [4.78, 5) is 32.1. The number of rotatable bonds is 4. The minimum atomic E-state index is -0.294. The molecule has 0 radical (unpaired) electrons.